The van der Waals surface area contributed by atoms with E-state index in [1.54, 1.807) is 120 Å². The number of rotatable bonds is 16. The SMILES string of the molecule is CC1(C)OB(c2cnc(N3CCOCC3)s2)OC1(C)C.COc1c(F)cccc1-c1c[nH]c2ncc(-c3cnc(N4CCOCC4)s3)cc12.COc1c(F)cccc1-c1cn(S(=O)(=O)c2ccc(C)cc2)c2ncc(-c3cnc(N4CCOCC4)s3)cc12.COc1c(F)cccc1-c1cn(S(=O)(=O)c2ccc(C)cc2)c2ncc(Br)cc12. The average Bonchev–Trinajstić information content (AvgIpc) is 1.60. The number of fused-ring (bicyclic) bond motifs is 3. The molecule has 0 aliphatic carbocycles. The van der Waals surface area contributed by atoms with Crippen molar-refractivity contribution in [1.82, 2.24) is 42.8 Å². The van der Waals surface area contributed by atoms with Crippen LogP contribution in [-0.4, -0.2) is 178 Å². The van der Waals surface area contributed by atoms with Crippen LogP contribution >= 0.6 is 49.9 Å². The molecule has 18 rings (SSSR count). The summed E-state index contributed by atoms with van der Waals surface area (Å²) in [5.41, 5.74) is 7.67. The number of aromatic amines is 1. The molecule has 0 unspecified atom stereocenters. The first-order valence-corrected chi connectivity index (χ1v) is 43.4. The number of nitrogens with zero attached hydrogens (tertiary/aromatic N) is 11. The first-order chi connectivity index (χ1) is 56.3. The largest absolute Gasteiger partial charge is 0.507 e. The number of nitrogens with one attached hydrogen (secondary N) is 1. The number of hydrogen-bond donors (Lipinski definition) is 1. The van der Waals surface area contributed by atoms with Gasteiger partial charge >= 0.3 is 7.12 Å². The lowest BCUT2D eigenvalue weighted by molar-refractivity contribution is 0.00578. The Bertz CT molecular complexity index is 6170. The quantitative estimate of drug-likeness (QED) is 0.0882. The standard InChI is InChI=1S/C28H25FN4O4S2.C21H16BrFN2O3S.C21H19FN4O2S.C13H21BN2O3S/c1-18-6-8-20(9-7-18)39(34,35)33-17-23(21-4-3-5-24(29)26(21)36-2)22-14-19(15-30-27(22)33)25-16-31-28(38-25)32-10-12-37-13-11-32;1-13-6-8-15(9-7-13)29(26,27)25-12-18(17-10-14(22)11-24-21(17)25)16-4-3-5-19(23)20(16)28-2;1-27-19-14(3-2-4-17(19)22)16-11-24-20-15(16)9-13(10-23-20)18-12-25-21(29-18)26-5-7-28-8-6-26;1-12(2)13(3,4)19-14(18-12)10-9-15-11(20-10)16-5-7-17-8-6-16/h3-9,14-17H,10-13H2,1-2H3;3-12H,1-2H3;2-4,9-12H,5-8H2,1H3,(H,23,24);9H,5-8H2,1-4H3. The summed E-state index contributed by atoms with van der Waals surface area (Å²) in [5.74, 6) is -1.16. The second-order valence-corrected chi connectivity index (χ2v) is 36.3. The monoisotopic (exact) mass is 1740 g/mol. The van der Waals surface area contributed by atoms with Crippen molar-refractivity contribution in [2.75, 3.05) is 115 Å². The highest BCUT2D eigenvalue weighted by atomic mass is 79.9. The van der Waals surface area contributed by atoms with Crippen LogP contribution in [0.5, 0.6) is 17.2 Å². The molecule has 0 radical (unpaired) electrons. The summed E-state index contributed by atoms with van der Waals surface area (Å²) in [4.78, 5) is 39.2. The Labute approximate surface area is 695 Å². The molecule has 4 aliphatic rings. The van der Waals surface area contributed by atoms with Crippen molar-refractivity contribution < 1.29 is 67.7 Å². The van der Waals surface area contributed by atoms with E-state index in [9.17, 15) is 30.0 Å². The van der Waals surface area contributed by atoms with Crippen LogP contribution in [0, 0.1) is 31.3 Å². The van der Waals surface area contributed by atoms with Crippen LogP contribution in [0.25, 0.3) is 87.4 Å². The van der Waals surface area contributed by atoms with Crippen molar-refractivity contribution in [2.24, 2.45) is 0 Å². The van der Waals surface area contributed by atoms with Gasteiger partial charge in [0.15, 0.2) is 61.4 Å². The first kappa shape index (κ1) is 82.0. The maximum absolute atomic E-state index is 14.7. The molecule has 24 nitrogen and oxygen atoms in total. The van der Waals surface area contributed by atoms with Gasteiger partial charge in [-0.15, -0.1) is 11.3 Å². The maximum atomic E-state index is 14.7. The minimum Gasteiger partial charge on any atom is -0.493 e. The molecule has 1 N–H and O–H groups in total. The van der Waals surface area contributed by atoms with Crippen LogP contribution in [0.2, 0.25) is 0 Å². The number of ether oxygens (including phenoxy) is 6. The second-order valence-electron chi connectivity index (χ2n) is 28.7. The lowest BCUT2D eigenvalue weighted by atomic mass is 9.89. The van der Waals surface area contributed by atoms with E-state index in [2.05, 4.69) is 99.3 Å². The van der Waals surface area contributed by atoms with Crippen molar-refractivity contribution in [1.29, 1.82) is 0 Å². The van der Waals surface area contributed by atoms with Crippen LogP contribution in [0.15, 0.2) is 191 Å². The minimum absolute atomic E-state index is 0.0297. The topological polar surface area (TPSA) is 255 Å². The van der Waals surface area contributed by atoms with Crippen LogP contribution in [0.4, 0.5) is 28.6 Å². The summed E-state index contributed by atoms with van der Waals surface area (Å²) in [5, 5.41) is 4.92. The fraction of sp³-hybridized carbons (Fsp3) is 0.277. The van der Waals surface area contributed by atoms with Gasteiger partial charge in [0.1, 0.15) is 5.65 Å². The number of morpholine rings is 3. The summed E-state index contributed by atoms with van der Waals surface area (Å²) >= 11 is 8.20. The average molecular weight is 1750 g/mol. The summed E-state index contributed by atoms with van der Waals surface area (Å²) in [6, 6.07) is 32.9. The molecule has 0 saturated carbocycles. The number of thiazole rings is 3. The number of methoxy groups -OCH3 is 3. The number of hydrogen-bond acceptors (Lipinski definition) is 24. The van der Waals surface area contributed by atoms with Gasteiger partial charge in [-0.3, -0.25) is 0 Å². The number of benzene rings is 5. The molecule has 5 aromatic carbocycles. The summed E-state index contributed by atoms with van der Waals surface area (Å²) in [6.45, 7) is 21.4. The van der Waals surface area contributed by atoms with E-state index < -0.39 is 31.7 Å². The number of pyridine rings is 3. The third kappa shape index (κ3) is 16.9. The van der Waals surface area contributed by atoms with E-state index in [1.165, 1.54) is 69.5 Å². The summed E-state index contributed by atoms with van der Waals surface area (Å²) in [6.07, 6.45) is 15.3. The van der Waals surface area contributed by atoms with Crippen molar-refractivity contribution in [3.63, 3.8) is 0 Å². The van der Waals surface area contributed by atoms with Gasteiger partial charge in [-0.2, -0.15) is 0 Å². The van der Waals surface area contributed by atoms with Crippen molar-refractivity contribution >= 4 is 130 Å². The van der Waals surface area contributed by atoms with Crippen LogP contribution in [0.1, 0.15) is 38.8 Å². The van der Waals surface area contributed by atoms with Gasteiger partial charge in [0.05, 0.1) is 96.5 Å². The molecule has 9 aromatic heterocycles. The zero-order valence-corrected chi connectivity index (χ0v) is 70.8. The smallest absolute Gasteiger partial charge is 0.493 e. The Kier molecular flexibility index (Phi) is 24.2. The molecule has 0 spiro atoms. The number of halogens is 4. The predicted molar refractivity (Wildman–Crippen MR) is 456 cm³/mol. The molecule has 0 bridgehead atoms. The second kappa shape index (κ2) is 34.5. The fourth-order valence-electron chi connectivity index (χ4n) is 13.7. The molecule has 606 valence electrons. The van der Waals surface area contributed by atoms with Gasteiger partial charge in [-0.05, 0) is 118 Å². The van der Waals surface area contributed by atoms with E-state index in [1.807, 2.05) is 50.8 Å². The number of anilines is 3. The van der Waals surface area contributed by atoms with Crippen molar-refractivity contribution in [3.8, 4) is 71.5 Å². The molecular weight excluding hydrogens is 1670 g/mol. The number of para-hydroxylation sites is 3. The van der Waals surface area contributed by atoms with Crippen LogP contribution < -0.4 is 33.7 Å². The van der Waals surface area contributed by atoms with Crippen molar-refractivity contribution in [2.45, 2.75) is 62.5 Å². The number of aromatic nitrogens is 9. The fourth-order valence-corrected chi connectivity index (χ4v) is 19.5. The normalized spacial score (nSPS) is 15.5. The molecule has 0 amide bonds. The molecule has 117 heavy (non-hydrogen) atoms. The summed E-state index contributed by atoms with van der Waals surface area (Å²) in [7, 11) is -3.98. The molecule has 4 aliphatic heterocycles. The Morgan fingerprint density at radius 1 is 0.462 bits per heavy atom. The predicted octanol–water partition coefficient (Wildman–Crippen LogP) is 16.1. The summed E-state index contributed by atoms with van der Waals surface area (Å²) < 4.78 is 146. The van der Waals surface area contributed by atoms with E-state index in [0.29, 0.717) is 56.3 Å². The van der Waals surface area contributed by atoms with Gasteiger partial charge in [0, 0.05) is 160 Å². The van der Waals surface area contributed by atoms with E-state index in [-0.39, 0.29) is 62.5 Å². The van der Waals surface area contributed by atoms with Gasteiger partial charge in [-0.25, -0.2) is 67.9 Å². The molecule has 0 atom stereocenters. The molecule has 14 aromatic rings. The Hall–Kier alpha value is -10.1. The Balaban J connectivity index is 0.000000125. The molecule has 13 heterocycles. The highest BCUT2D eigenvalue weighted by Gasteiger charge is 2.52. The zero-order chi connectivity index (χ0) is 82.1. The van der Waals surface area contributed by atoms with Crippen LogP contribution in [0.3, 0.4) is 0 Å². The van der Waals surface area contributed by atoms with Crippen molar-refractivity contribution in [3.05, 3.63) is 210 Å². The lowest BCUT2D eigenvalue weighted by Gasteiger charge is -2.32. The van der Waals surface area contributed by atoms with Gasteiger partial charge in [-0.1, -0.05) is 94.5 Å². The van der Waals surface area contributed by atoms with Gasteiger partial charge < -0.3 is 57.4 Å². The first-order valence-electron chi connectivity index (χ1n) is 37.3. The highest BCUT2D eigenvalue weighted by molar-refractivity contribution is 9.10. The van der Waals surface area contributed by atoms with E-state index >= 15 is 0 Å². The maximum Gasteiger partial charge on any atom is 0.507 e. The Morgan fingerprint density at radius 2 is 0.846 bits per heavy atom. The van der Waals surface area contributed by atoms with E-state index in [4.69, 9.17) is 37.7 Å². The lowest BCUT2D eigenvalue weighted by Crippen LogP contribution is -2.41. The Morgan fingerprint density at radius 3 is 1.28 bits per heavy atom. The molecule has 4 fully saturated rings. The van der Waals surface area contributed by atoms with E-state index in [0.717, 1.165) is 142 Å². The third-order valence-corrected chi connectivity index (χ3v) is 27.7. The van der Waals surface area contributed by atoms with Gasteiger partial charge in [0.2, 0.25) is 0 Å². The number of aryl methyl sites for hydroxylation is 2. The highest BCUT2D eigenvalue weighted by Crippen LogP contribution is 2.45. The molecule has 4 saturated heterocycles. The number of H-pyrrole nitrogens is 1. The van der Waals surface area contributed by atoms with Gasteiger partial charge in [0.25, 0.3) is 20.0 Å². The minimum atomic E-state index is -4.00. The van der Waals surface area contributed by atoms with Crippen LogP contribution in [-0.2, 0) is 43.6 Å². The third-order valence-electron chi connectivity index (χ3n) is 20.7. The zero-order valence-electron chi connectivity index (χ0n) is 65.2. The molecular formula is C83H81BBrF3N12O12S5. The molecule has 34 heteroatoms.